The number of hydrogen-bond donors (Lipinski definition) is 2. The fourth-order valence-electron chi connectivity index (χ4n) is 3.86. The molecule has 1 atom stereocenters. The van der Waals surface area contributed by atoms with Gasteiger partial charge in [0.2, 0.25) is 5.91 Å². The van der Waals surface area contributed by atoms with E-state index >= 15 is 0 Å². The third-order valence-corrected chi connectivity index (χ3v) is 6.59. The Balaban J connectivity index is 1.48. The molecule has 0 aliphatic carbocycles. The summed E-state index contributed by atoms with van der Waals surface area (Å²) in [4.78, 5) is 32.9. The van der Waals surface area contributed by atoms with Crippen LogP contribution in [-0.2, 0) is 10.5 Å². The molecular weight excluding hydrogens is 430 g/mol. The number of amides is 1. The second-order valence-electron chi connectivity index (χ2n) is 7.46. The van der Waals surface area contributed by atoms with Gasteiger partial charge in [0.05, 0.1) is 5.56 Å². The molecule has 1 aliphatic rings. The zero-order chi connectivity index (χ0) is 21.4. The van der Waals surface area contributed by atoms with Gasteiger partial charge < -0.3 is 10.3 Å². The number of rotatable bonds is 4. The fourth-order valence-corrected chi connectivity index (χ4v) is 4.80. The average Bonchev–Trinajstić information content (AvgIpc) is 2.77. The normalized spacial score (nSPS) is 15.5. The highest BCUT2D eigenvalue weighted by atomic mass is 35.5. The quantitative estimate of drug-likeness (QED) is 0.327. The zero-order valence-electron chi connectivity index (χ0n) is 16.4. The van der Waals surface area contributed by atoms with Gasteiger partial charge in [-0.1, -0.05) is 78.0 Å². The second-order valence-corrected chi connectivity index (χ2v) is 8.86. The second kappa shape index (κ2) is 8.21. The molecule has 2 N–H and O–H groups in total. The summed E-state index contributed by atoms with van der Waals surface area (Å²) in [7, 11) is 0. The van der Waals surface area contributed by atoms with E-state index in [1.165, 1.54) is 11.8 Å². The Labute approximate surface area is 187 Å². The number of fused-ring (bicyclic) bond motifs is 2. The van der Waals surface area contributed by atoms with E-state index in [4.69, 9.17) is 11.6 Å². The van der Waals surface area contributed by atoms with Crippen molar-refractivity contribution < 1.29 is 4.79 Å². The van der Waals surface area contributed by atoms with Gasteiger partial charge in [0.25, 0.3) is 5.56 Å². The highest BCUT2D eigenvalue weighted by Crippen LogP contribution is 2.35. The first-order valence-electron chi connectivity index (χ1n) is 9.87. The predicted molar refractivity (Wildman–Crippen MR) is 125 cm³/mol. The van der Waals surface area contributed by atoms with Crippen LogP contribution in [0.3, 0.4) is 0 Å². The first kappa shape index (κ1) is 19.8. The highest BCUT2D eigenvalue weighted by molar-refractivity contribution is 7.98. The zero-order valence-corrected chi connectivity index (χ0v) is 18.0. The topological polar surface area (TPSA) is 74.8 Å². The van der Waals surface area contributed by atoms with Crippen molar-refractivity contribution in [2.75, 3.05) is 5.32 Å². The van der Waals surface area contributed by atoms with Gasteiger partial charge in [-0.3, -0.25) is 9.59 Å². The number of carbonyl (C=O) groups is 1. The lowest BCUT2D eigenvalue weighted by molar-refractivity contribution is -0.116. The number of nitrogens with one attached hydrogen (secondary N) is 2. The summed E-state index contributed by atoms with van der Waals surface area (Å²) in [6, 6.07) is 21.6. The van der Waals surface area contributed by atoms with E-state index in [0.717, 1.165) is 21.9 Å². The summed E-state index contributed by atoms with van der Waals surface area (Å²) in [5.74, 6) is 0.495. The Morgan fingerprint density at radius 2 is 1.77 bits per heavy atom. The molecule has 3 aromatic carbocycles. The molecule has 0 saturated heterocycles. The van der Waals surface area contributed by atoms with E-state index in [-0.39, 0.29) is 23.8 Å². The van der Waals surface area contributed by atoms with Gasteiger partial charge >= 0.3 is 0 Å². The molecule has 2 heterocycles. The van der Waals surface area contributed by atoms with Gasteiger partial charge in [-0.25, -0.2) is 4.98 Å². The van der Waals surface area contributed by atoms with E-state index in [2.05, 4.69) is 15.3 Å². The number of nitrogens with zero attached hydrogens (tertiary/aromatic N) is 1. The van der Waals surface area contributed by atoms with Crippen molar-refractivity contribution in [1.82, 2.24) is 9.97 Å². The maximum atomic E-state index is 13.0. The van der Waals surface area contributed by atoms with Crippen LogP contribution < -0.4 is 10.9 Å². The molecule has 0 radical (unpaired) electrons. The van der Waals surface area contributed by atoms with Gasteiger partial charge in [0.1, 0.15) is 5.82 Å². The van der Waals surface area contributed by atoms with E-state index in [9.17, 15) is 9.59 Å². The van der Waals surface area contributed by atoms with Crippen LogP contribution in [0.1, 0.15) is 29.0 Å². The molecule has 1 aromatic heterocycles. The first-order valence-corrected chi connectivity index (χ1v) is 11.2. The molecule has 1 aliphatic heterocycles. The van der Waals surface area contributed by atoms with Gasteiger partial charge in [-0.15, -0.1) is 0 Å². The molecule has 0 saturated carbocycles. The van der Waals surface area contributed by atoms with Crippen LogP contribution in [0.4, 0.5) is 5.82 Å². The molecule has 7 heteroatoms. The van der Waals surface area contributed by atoms with Gasteiger partial charge in [0, 0.05) is 23.1 Å². The van der Waals surface area contributed by atoms with Gasteiger partial charge in [0.15, 0.2) is 5.16 Å². The number of H-pyrrole nitrogens is 1. The van der Waals surface area contributed by atoms with Crippen molar-refractivity contribution in [2.45, 2.75) is 23.2 Å². The third-order valence-electron chi connectivity index (χ3n) is 5.39. The van der Waals surface area contributed by atoms with Gasteiger partial charge in [-0.05, 0) is 34.0 Å². The van der Waals surface area contributed by atoms with Crippen LogP contribution >= 0.6 is 23.4 Å². The number of halogens is 1. The Hall–Kier alpha value is -3.09. The molecule has 31 heavy (non-hydrogen) atoms. The minimum Gasteiger partial charge on any atom is -0.310 e. The fraction of sp³-hybridized carbons (Fsp3) is 0.125. The van der Waals surface area contributed by atoms with Crippen molar-refractivity contribution in [2.24, 2.45) is 0 Å². The molecule has 1 unspecified atom stereocenters. The SMILES string of the molecule is O=C1CC(c2ccc3ccccc3c2)c2c(nc(SCc3ccc(Cl)cc3)[nH]c2=O)N1. The Kier molecular flexibility index (Phi) is 5.26. The Morgan fingerprint density at radius 1 is 1.00 bits per heavy atom. The maximum absolute atomic E-state index is 13.0. The summed E-state index contributed by atoms with van der Waals surface area (Å²) < 4.78 is 0. The lowest BCUT2D eigenvalue weighted by atomic mass is 9.86. The van der Waals surface area contributed by atoms with Crippen LogP contribution in [-0.4, -0.2) is 15.9 Å². The lowest BCUT2D eigenvalue weighted by Crippen LogP contribution is -2.31. The molecule has 1 amide bonds. The van der Waals surface area contributed by atoms with E-state index in [1.54, 1.807) is 0 Å². The third kappa shape index (κ3) is 4.09. The molecule has 154 valence electrons. The first-order chi connectivity index (χ1) is 15.1. The lowest BCUT2D eigenvalue weighted by Gasteiger charge is -2.24. The average molecular weight is 448 g/mol. The van der Waals surface area contributed by atoms with Crippen LogP contribution in [0.2, 0.25) is 5.02 Å². The molecular formula is C24H18ClN3O2S. The summed E-state index contributed by atoms with van der Waals surface area (Å²) >= 11 is 7.34. The molecule has 0 bridgehead atoms. The Bertz CT molecular complexity index is 1350. The number of anilines is 1. The van der Waals surface area contributed by atoms with Gasteiger partial charge in [-0.2, -0.15) is 0 Å². The van der Waals surface area contributed by atoms with Crippen LogP contribution in [0.5, 0.6) is 0 Å². The van der Waals surface area contributed by atoms with E-state index in [0.29, 0.717) is 27.3 Å². The number of benzene rings is 3. The minimum atomic E-state index is -0.333. The Morgan fingerprint density at radius 3 is 2.58 bits per heavy atom. The van der Waals surface area contributed by atoms with Crippen LogP contribution in [0, 0.1) is 0 Å². The van der Waals surface area contributed by atoms with Crippen molar-refractivity contribution in [3.63, 3.8) is 0 Å². The standard InChI is InChI=1S/C24H18ClN3O2S/c25-18-9-5-14(6-10-18)13-31-24-27-22-21(23(30)28-24)19(12-20(29)26-22)17-8-7-15-3-1-2-4-16(15)11-17/h1-11,19H,12-13H2,(H2,26,27,28,29,30). The van der Waals surface area contributed by atoms with Crippen molar-refractivity contribution >= 4 is 45.9 Å². The van der Waals surface area contributed by atoms with Crippen LogP contribution in [0.25, 0.3) is 10.8 Å². The van der Waals surface area contributed by atoms with Crippen molar-refractivity contribution in [3.05, 3.63) is 98.8 Å². The highest BCUT2D eigenvalue weighted by Gasteiger charge is 2.31. The predicted octanol–water partition coefficient (Wildman–Crippen LogP) is 5.34. The molecule has 0 spiro atoms. The number of thioether (sulfide) groups is 1. The van der Waals surface area contributed by atoms with Crippen molar-refractivity contribution in [3.8, 4) is 0 Å². The van der Waals surface area contributed by atoms with Crippen LogP contribution in [0.15, 0.2) is 76.7 Å². The summed E-state index contributed by atoms with van der Waals surface area (Å²) in [6.45, 7) is 0. The molecule has 4 aromatic rings. The van der Waals surface area contributed by atoms with E-state index in [1.807, 2.05) is 66.7 Å². The smallest absolute Gasteiger partial charge is 0.257 e. The molecule has 5 rings (SSSR count). The summed E-state index contributed by atoms with van der Waals surface area (Å²) in [5, 5.41) is 6.12. The van der Waals surface area contributed by atoms with Crippen molar-refractivity contribution in [1.29, 1.82) is 0 Å². The number of carbonyl (C=O) groups excluding carboxylic acids is 1. The van der Waals surface area contributed by atoms with E-state index < -0.39 is 0 Å². The summed E-state index contributed by atoms with van der Waals surface area (Å²) in [5.41, 5.74) is 2.28. The maximum Gasteiger partial charge on any atom is 0.257 e. The summed E-state index contributed by atoms with van der Waals surface area (Å²) in [6.07, 6.45) is 0.216. The number of aromatic nitrogens is 2. The number of aromatic amines is 1. The largest absolute Gasteiger partial charge is 0.310 e. The molecule has 5 nitrogen and oxygen atoms in total. The molecule has 0 fully saturated rings. The number of hydrogen-bond acceptors (Lipinski definition) is 4. The minimum absolute atomic E-state index is 0.141. The monoisotopic (exact) mass is 447 g/mol.